The summed E-state index contributed by atoms with van der Waals surface area (Å²) in [6, 6.07) is 25.1. The van der Waals surface area contributed by atoms with Gasteiger partial charge >= 0.3 is 6.03 Å². The van der Waals surface area contributed by atoms with Gasteiger partial charge in [0.25, 0.3) is 5.91 Å². The average molecular weight is 425 g/mol. The lowest BCUT2D eigenvalue weighted by Gasteiger charge is -2.34. The van der Waals surface area contributed by atoms with Crippen LogP contribution < -0.4 is 9.64 Å². The van der Waals surface area contributed by atoms with Gasteiger partial charge in [-0.3, -0.25) is 4.79 Å². The molecule has 0 saturated carbocycles. The van der Waals surface area contributed by atoms with Crippen molar-refractivity contribution in [3.8, 4) is 5.75 Å². The zero-order chi connectivity index (χ0) is 22.0. The molecular weight excluding hydrogens is 400 g/mol. The summed E-state index contributed by atoms with van der Waals surface area (Å²) < 4.78 is 6.13. The first-order valence-electron chi connectivity index (χ1n) is 11.0. The summed E-state index contributed by atoms with van der Waals surface area (Å²) in [5.41, 5.74) is 2.66. The number of fused-ring (bicyclic) bond motifs is 5. The largest absolute Gasteiger partial charge is 0.493 e. The highest BCUT2D eigenvalue weighted by molar-refractivity contribution is 6.24. The maximum absolute atomic E-state index is 14.1. The molecule has 3 heterocycles. The van der Waals surface area contributed by atoms with Crippen LogP contribution in [0.5, 0.6) is 5.75 Å². The summed E-state index contributed by atoms with van der Waals surface area (Å²) in [6.07, 6.45) is 0. The second-order valence-electron chi connectivity index (χ2n) is 9.13. The molecule has 3 aromatic rings. The van der Waals surface area contributed by atoms with Crippen molar-refractivity contribution in [3.63, 3.8) is 0 Å². The standard InChI is InChI=1S/C27H24N2O3/c1-17-9-8-12-19(15-17)28-25(30)27(2)23(18-10-4-3-5-11-18)21-16-32-22-14-7-6-13-20(22)24(21)29(27)26(28)31/h3-15,21,23-24H,16H2,1-2H3/t21?,23?,24?,27-/m0/s1. The van der Waals surface area contributed by atoms with Gasteiger partial charge in [0.2, 0.25) is 0 Å². The highest BCUT2D eigenvalue weighted by Crippen LogP contribution is 2.61. The molecule has 3 aromatic carbocycles. The number of amides is 3. The quantitative estimate of drug-likeness (QED) is 0.540. The summed E-state index contributed by atoms with van der Waals surface area (Å²) >= 11 is 0. The monoisotopic (exact) mass is 424 g/mol. The lowest BCUT2D eigenvalue weighted by Crippen LogP contribution is -2.46. The Bertz CT molecular complexity index is 1240. The van der Waals surface area contributed by atoms with E-state index in [4.69, 9.17) is 4.74 Å². The van der Waals surface area contributed by atoms with E-state index in [1.165, 1.54) is 4.90 Å². The summed E-state index contributed by atoms with van der Waals surface area (Å²) in [5.74, 6) is 0.436. The third-order valence-electron chi connectivity index (χ3n) is 7.34. The van der Waals surface area contributed by atoms with Crippen LogP contribution in [0.25, 0.3) is 0 Å². The molecule has 4 atom stereocenters. The van der Waals surface area contributed by atoms with Crippen molar-refractivity contribution in [2.45, 2.75) is 31.3 Å². The molecule has 0 N–H and O–H groups in total. The molecule has 5 heteroatoms. The van der Waals surface area contributed by atoms with Crippen LogP contribution in [0.2, 0.25) is 0 Å². The number of rotatable bonds is 2. The highest BCUT2D eigenvalue weighted by atomic mass is 16.5. The van der Waals surface area contributed by atoms with E-state index in [1.54, 1.807) is 0 Å². The molecule has 3 aliphatic heterocycles. The Morgan fingerprint density at radius 1 is 0.938 bits per heavy atom. The Labute approximate surface area is 187 Å². The number of benzene rings is 3. The molecule has 3 aliphatic rings. The predicted octanol–water partition coefficient (Wildman–Crippen LogP) is 5.07. The summed E-state index contributed by atoms with van der Waals surface area (Å²) in [7, 11) is 0. The number of anilines is 1. The van der Waals surface area contributed by atoms with Crippen LogP contribution in [0, 0.1) is 12.8 Å². The highest BCUT2D eigenvalue weighted by Gasteiger charge is 2.70. The molecule has 2 saturated heterocycles. The third-order valence-corrected chi connectivity index (χ3v) is 7.34. The van der Waals surface area contributed by atoms with Gasteiger partial charge in [0, 0.05) is 17.4 Å². The molecule has 3 unspecified atom stereocenters. The van der Waals surface area contributed by atoms with Gasteiger partial charge in [-0.25, -0.2) is 9.69 Å². The Morgan fingerprint density at radius 3 is 2.47 bits per heavy atom. The van der Waals surface area contributed by atoms with Crippen LogP contribution in [-0.4, -0.2) is 29.0 Å². The fourth-order valence-electron chi connectivity index (χ4n) is 6.03. The minimum atomic E-state index is -1.00. The molecule has 6 rings (SSSR count). The maximum atomic E-state index is 14.1. The lowest BCUT2D eigenvalue weighted by atomic mass is 9.73. The number of carbonyl (C=O) groups excluding carboxylic acids is 2. The van der Waals surface area contributed by atoms with E-state index in [9.17, 15) is 9.59 Å². The molecule has 3 amide bonds. The Morgan fingerprint density at radius 2 is 1.69 bits per heavy atom. The van der Waals surface area contributed by atoms with Crippen molar-refractivity contribution in [2.24, 2.45) is 5.92 Å². The van der Waals surface area contributed by atoms with Crippen LogP contribution in [0.3, 0.4) is 0 Å². The molecule has 0 radical (unpaired) electrons. The van der Waals surface area contributed by atoms with Crippen molar-refractivity contribution < 1.29 is 14.3 Å². The number of carbonyl (C=O) groups is 2. The van der Waals surface area contributed by atoms with Gasteiger partial charge in [0.05, 0.1) is 18.3 Å². The van der Waals surface area contributed by atoms with Crippen LogP contribution in [-0.2, 0) is 4.79 Å². The summed E-state index contributed by atoms with van der Waals surface area (Å²) in [6.45, 7) is 4.37. The first-order chi connectivity index (χ1) is 15.5. The van der Waals surface area contributed by atoms with E-state index in [-0.39, 0.29) is 29.8 Å². The van der Waals surface area contributed by atoms with Crippen LogP contribution >= 0.6 is 0 Å². The summed E-state index contributed by atoms with van der Waals surface area (Å²) in [5, 5.41) is 0. The lowest BCUT2D eigenvalue weighted by molar-refractivity contribution is -0.124. The number of imide groups is 1. The minimum absolute atomic E-state index is 0.00939. The van der Waals surface area contributed by atoms with Gasteiger partial charge in [-0.1, -0.05) is 60.7 Å². The number of aryl methyl sites for hydroxylation is 1. The number of para-hydroxylation sites is 1. The second-order valence-corrected chi connectivity index (χ2v) is 9.13. The SMILES string of the molecule is Cc1cccc(N2C(=O)N3C4c5ccccc5OCC4C(c4ccccc4)[C@@]3(C)C2=O)c1. The van der Waals surface area contributed by atoms with Crippen LogP contribution in [0.15, 0.2) is 78.9 Å². The van der Waals surface area contributed by atoms with Crippen molar-refractivity contribution in [3.05, 3.63) is 95.6 Å². The van der Waals surface area contributed by atoms with Crippen molar-refractivity contribution in [2.75, 3.05) is 11.5 Å². The average Bonchev–Trinajstić information content (AvgIpc) is 3.19. The molecule has 32 heavy (non-hydrogen) atoms. The van der Waals surface area contributed by atoms with Gasteiger partial charge in [-0.05, 0) is 43.2 Å². The second kappa shape index (κ2) is 6.70. The van der Waals surface area contributed by atoms with Gasteiger partial charge in [-0.2, -0.15) is 0 Å². The number of hydrogen-bond donors (Lipinski definition) is 0. The van der Waals surface area contributed by atoms with E-state index in [2.05, 4.69) is 12.1 Å². The van der Waals surface area contributed by atoms with Crippen molar-refractivity contribution >= 4 is 17.6 Å². The molecular formula is C27H24N2O3. The number of hydrogen-bond acceptors (Lipinski definition) is 3. The molecule has 0 aromatic heterocycles. The molecule has 0 bridgehead atoms. The Hall–Kier alpha value is -3.60. The van der Waals surface area contributed by atoms with Gasteiger partial charge in [0.1, 0.15) is 11.3 Å². The van der Waals surface area contributed by atoms with Crippen molar-refractivity contribution in [1.82, 2.24) is 4.90 Å². The van der Waals surface area contributed by atoms with E-state index < -0.39 is 5.54 Å². The number of nitrogens with zero attached hydrogens (tertiary/aromatic N) is 2. The minimum Gasteiger partial charge on any atom is -0.493 e. The fourth-order valence-corrected chi connectivity index (χ4v) is 6.03. The van der Waals surface area contributed by atoms with E-state index in [1.807, 2.05) is 85.5 Å². The van der Waals surface area contributed by atoms with Crippen LogP contribution in [0.4, 0.5) is 10.5 Å². The third kappa shape index (κ3) is 2.39. The first kappa shape index (κ1) is 19.1. The Balaban J connectivity index is 1.57. The van der Waals surface area contributed by atoms with E-state index >= 15 is 0 Å². The van der Waals surface area contributed by atoms with E-state index in [0.717, 1.165) is 22.4 Å². The first-order valence-corrected chi connectivity index (χ1v) is 11.0. The maximum Gasteiger partial charge on any atom is 0.332 e. The molecule has 0 aliphatic carbocycles. The normalized spacial score (nSPS) is 28.2. The van der Waals surface area contributed by atoms with Crippen LogP contribution in [0.1, 0.15) is 35.6 Å². The molecule has 2 fully saturated rings. The smallest absolute Gasteiger partial charge is 0.332 e. The molecule has 0 spiro atoms. The molecule has 5 nitrogen and oxygen atoms in total. The Kier molecular flexibility index (Phi) is 4.00. The van der Waals surface area contributed by atoms with Crippen molar-refractivity contribution in [1.29, 1.82) is 0 Å². The van der Waals surface area contributed by atoms with Gasteiger partial charge in [0.15, 0.2) is 0 Å². The summed E-state index contributed by atoms with van der Waals surface area (Å²) in [4.78, 5) is 31.2. The van der Waals surface area contributed by atoms with Gasteiger partial charge in [-0.15, -0.1) is 0 Å². The zero-order valence-corrected chi connectivity index (χ0v) is 18.1. The number of ether oxygens (including phenoxy) is 1. The topological polar surface area (TPSA) is 49.9 Å². The number of urea groups is 1. The predicted molar refractivity (Wildman–Crippen MR) is 122 cm³/mol. The fraction of sp³-hybridized carbons (Fsp3) is 0.259. The molecule has 160 valence electrons. The van der Waals surface area contributed by atoms with E-state index in [0.29, 0.717) is 12.3 Å². The van der Waals surface area contributed by atoms with Gasteiger partial charge < -0.3 is 9.64 Å². The zero-order valence-electron chi connectivity index (χ0n) is 18.1.